The molecule has 2 heterocycles. The number of rotatable bonds is 2. The van der Waals surface area contributed by atoms with E-state index in [9.17, 15) is 0 Å². The van der Waals surface area contributed by atoms with Crippen LogP contribution >= 0.6 is 0 Å². The molecule has 0 atom stereocenters. The Morgan fingerprint density at radius 2 is 1.89 bits per heavy atom. The second-order valence-corrected chi connectivity index (χ2v) is 4.79. The van der Waals surface area contributed by atoms with Gasteiger partial charge in [0.2, 0.25) is 0 Å². The van der Waals surface area contributed by atoms with Crippen LogP contribution in [-0.2, 0) is 0 Å². The number of hydrogen-bond acceptors (Lipinski definition) is 1. The van der Waals surface area contributed by atoms with Crippen LogP contribution in [0.3, 0.4) is 0 Å². The Balaban J connectivity index is 2.32. The Hall–Kier alpha value is -2.09. The van der Waals surface area contributed by atoms with E-state index in [1.807, 2.05) is 18.5 Å². The van der Waals surface area contributed by atoms with E-state index in [-0.39, 0.29) is 0 Å². The van der Waals surface area contributed by atoms with E-state index in [1.165, 1.54) is 22.2 Å². The van der Waals surface area contributed by atoms with Crippen molar-refractivity contribution in [2.45, 2.75) is 19.9 Å². The van der Waals surface area contributed by atoms with Crippen LogP contribution in [0.4, 0.5) is 0 Å². The monoisotopic (exact) mass is 236 g/mol. The Labute approximate surface area is 107 Å². The zero-order valence-electron chi connectivity index (χ0n) is 10.7. The quantitative estimate of drug-likeness (QED) is 0.649. The van der Waals surface area contributed by atoms with E-state index in [1.54, 1.807) is 0 Å². The van der Waals surface area contributed by atoms with Gasteiger partial charge in [0, 0.05) is 34.9 Å². The number of nitrogens with zero attached hydrogens (tertiary/aromatic N) is 2. The van der Waals surface area contributed by atoms with E-state index in [0.717, 1.165) is 0 Å². The van der Waals surface area contributed by atoms with Crippen LogP contribution in [0.25, 0.3) is 22.2 Å². The van der Waals surface area contributed by atoms with Crippen molar-refractivity contribution in [1.29, 1.82) is 0 Å². The summed E-state index contributed by atoms with van der Waals surface area (Å²) in [7, 11) is 0. The molecule has 1 aromatic carbocycles. The summed E-state index contributed by atoms with van der Waals surface area (Å²) in [6.45, 7) is 4.43. The van der Waals surface area contributed by atoms with Crippen molar-refractivity contribution in [2.24, 2.45) is 0 Å². The Bertz CT molecular complexity index is 666. The van der Waals surface area contributed by atoms with Gasteiger partial charge in [0.15, 0.2) is 0 Å². The molecule has 3 aromatic rings. The maximum Gasteiger partial charge on any atom is 0.0509 e. The Morgan fingerprint density at radius 1 is 1.06 bits per heavy atom. The molecule has 3 rings (SSSR count). The Kier molecular flexibility index (Phi) is 2.63. The van der Waals surface area contributed by atoms with E-state index in [4.69, 9.17) is 0 Å². The van der Waals surface area contributed by atoms with Crippen molar-refractivity contribution >= 4 is 10.9 Å². The minimum absolute atomic E-state index is 0.431. The number of fused-ring (bicyclic) bond motifs is 1. The molecular formula is C16H16N2. The van der Waals surface area contributed by atoms with Crippen LogP contribution in [0.2, 0.25) is 0 Å². The topological polar surface area (TPSA) is 17.8 Å². The highest BCUT2D eigenvalue weighted by molar-refractivity contribution is 5.87. The number of para-hydroxylation sites is 1. The fraction of sp³-hybridized carbons (Fsp3) is 0.188. The van der Waals surface area contributed by atoms with E-state index in [2.05, 4.69) is 59.8 Å². The number of benzene rings is 1. The van der Waals surface area contributed by atoms with Crippen molar-refractivity contribution in [3.8, 4) is 11.3 Å². The highest BCUT2D eigenvalue weighted by atomic mass is 15.0. The molecule has 2 aromatic heterocycles. The third-order valence-corrected chi connectivity index (χ3v) is 3.22. The molecule has 0 spiro atoms. The van der Waals surface area contributed by atoms with Gasteiger partial charge in [-0.1, -0.05) is 18.2 Å². The number of hydrogen-bond donors (Lipinski definition) is 0. The van der Waals surface area contributed by atoms with Gasteiger partial charge in [-0.05, 0) is 38.1 Å². The second-order valence-electron chi connectivity index (χ2n) is 4.79. The first-order valence-corrected chi connectivity index (χ1v) is 6.28. The van der Waals surface area contributed by atoms with Gasteiger partial charge >= 0.3 is 0 Å². The first kappa shape index (κ1) is 11.0. The van der Waals surface area contributed by atoms with E-state index >= 15 is 0 Å². The molecule has 0 aliphatic heterocycles. The molecule has 18 heavy (non-hydrogen) atoms. The van der Waals surface area contributed by atoms with Crippen LogP contribution in [-0.4, -0.2) is 9.55 Å². The van der Waals surface area contributed by atoms with Gasteiger partial charge in [0.05, 0.1) is 5.69 Å². The zero-order valence-corrected chi connectivity index (χ0v) is 10.7. The molecule has 2 nitrogen and oxygen atoms in total. The molecule has 0 aliphatic rings. The lowest BCUT2D eigenvalue weighted by atomic mass is 10.2. The van der Waals surface area contributed by atoms with Crippen LogP contribution in [0, 0.1) is 0 Å². The molecule has 0 saturated heterocycles. The summed E-state index contributed by atoms with van der Waals surface area (Å²) >= 11 is 0. The molecule has 0 fully saturated rings. The molecule has 0 radical (unpaired) electrons. The number of aromatic nitrogens is 2. The molecule has 0 saturated carbocycles. The number of pyridine rings is 1. The van der Waals surface area contributed by atoms with Crippen LogP contribution in [0.5, 0.6) is 0 Å². The molecule has 0 aliphatic carbocycles. The third kappa shape index (κ3) is 1.70. The largest absolute Gasteiger partial charge is 0.338 e. The zero-order chi connectivity index (χ0) is 12.5. The minimum atomic E-state index is 0.431. The lowest BCUT2D eigenvalue weighted by Gasteiger charge is -2.14. The molecule has 0 amide bonds. The molecule has 90 valence electrons. The average Bonchev–Trinajstić information content (AvgIpc) is 2.79. The minimum Gasteiger partial charge on any atom is -0.338 e. The molecule has 0 unspecified atom stereocenters. The van der Waals surface area contributed by atoms with Crippen LogP contribution < -0.4 is 0 Å². The Morgan fingerprint density at radius 3 is 2.61 bits per heavy atom. The van der Waals surface area contributed by atoms with Crippen molar-refractivity contribution in [2.75, 3.05) is 0 Å². The molecule has 0 N–H and O–H groups in total. The summed E-state index contributed by atoms with van der Waals surface area (Å²) < 4.78 is 2.37. The summed E-state index contributed by atoms with van der Waals surface area (Å²) in [4.78, 5) is 4.22. The predicted molar refractivity (Wildman–Crippen MR) is 75.6 cm³/mol. The summed E-state index contributed by atoms with van der Waals surface area (Å²) in [5.74, 6) is 0. The smallest absolute Gasteiger partial charge is 0.0509 e. The van der Waals surface area contributed by atoms with Gasteiger partial charge in [-0.25, -0.2) is 0 Å². The second kappa shape index (κ2) is 4.30. The maximum absolute atomic E-state index is 4.22. The SMILES string of the molecule is CC(C)n1c(-c2cccnc2)cc2ccccc21. The first-order valence-electron chi connectivity index (χ1n) is 6.28. The average molecular weight is 236 g/mol. The van der Waals surface area contributed by atoms with E-state index < -0.39 is 0 Å². The first-order chi connectivity index (χ1) is 8.77. The lowest BCUT2D eigenvalue weighted by molar-refractivity contribution is 0.629. The van der Waals surface area contributed by atoms with Gasteiger partial charge in [-0.15, -0.1) is 0 Å². The van der Waals surface area contributed by atoms with Gasteiger partial charge in [-0.3, -0.25) is 4.98 Å². The fourth-order valence-corrected chi connectivity index (χ4v) is 2.47. The van der Waals surface area contributed by atoms with Crippen molar-refractivity contribution in [3.63, 3.8) is 0 Å². The summed E-state index contributed by atoms with van der Waals surface area (Å²) in [6.07, 6.45) is 3.74. The molecular weight excluding hydrogens is 220 g/mol. The van der Waals surface area contributed by atoms with E-state index in [0.29, 0.717) is 6.04 Å². The normalized spacial score (nSPS) is 11.3. The third-order valence-electron chi connectivity index (χ3n) is 3.22. The fourth-order valence-electron chi connectivity index (χ4n) is 2.47. The molecule has 2 heteroatoms. The maximum atomic E-state index is 4.22. The van der Waals surface area contributed by atoms with Crippen LogP contribution in [0.15, 0.2) is 54.9 Å². The predicted octanol–water partition coefficient (Wildman–Crippen LogP) is 4.28. The van der Waals surface area contributed by atoms with Gasteiger partial charge in [0.25, 0.3) is 0 Å². The van der Waals surface area contributed by atoms with Crippen molar-refractivity contribution in [1.82, 2.24) is 9.55 Å². The summed E-state index contributed by atoms with van der Waals surface area (Å²) in [6, 6.07) is 15.3. The van der Waals surface area contributed by atoms with Gasteiger partial charge < -0.3 is 4.57 Å². The van der Waals surface area contributed by atoms with Crippen LogP contribution in [0.1, 0.15) is 19.9 Å². The van der Waals surface area contributed by atoms with Gasteiger partial charge in [-0.2, -0.15) is 0 Å². The molecule has 0 bridgehead atoms. The van der Waals surface area contributed by atoms with Crippen molar-refractivity contribution in [3.05, 3.63) is 54.9 Å². The highest BCUT2D eigenvalue weighted by Crippen LogP contribution is 2.30. The summed E-state index contributed by atoms with van der Waals surface area (Å²) in [5, 5.41) is 1.28. The lowest BCUT2D eigenvalue weighted by Crippen LogP contribution is -2.02. The van der Waals surface area contributed by atoms with Crippen molar-refractivity contribution < 1.29 is 0 Å². The standard InChI is InChI=1S/C16H16N2/c1-12(2)18-15-8-4-3-6-13(15)10-16(18)14-7-5-9-17-11-14/h3-12H,1-2H3. The summed E-state index contributed by atoms with van der Waals surface area (Å²) in [5.41, 5.74) is 3.69. The highest BCUT2D eigenvalue weighted by Gasteiger charge is 2.12. The van der Waals surface area contributed by atoms with Gasteiger partial charge in [0.1, 0.15) is 0 Å².